The molecule has 0 saturated heterocycles. The second-order valence-electron chi connectivity index (χ2n) is 8.99. The van der Waals surface area contributed by atoms with Crippen molar-refractivity contribution in [3.63, 3.8) is 0 Å². The highest BCUT2D eigenvalue weighted by Crippen LogP contribution is 2.33. The van der Waals surface area contributed by atoms with E-state index >= 15 is 0 Å². The standard InChI is InChI=1S/C31H27N3O2S/c1-20-16-18-25(19-17-20)34(31(36)29-21(2)32-22(3)37-29)28(24-11-5-4-6-12-24)30(35)33-27-15-9-13-23-10-7-8-14-26(23)27/h4-19,28H,1-3H3,(H,33,35). The number of nitrogens with zero attached hydrogens (tertiary/aromatic N) is 2. The second kappa shape index (κ2) is 10.4. The fraction of sp³-hybridized carbons (Fsp3) is 0.129. The van der Waals surface area contributed by atoms with E-state index in [1.165, 1.54) is 11.3 Å². The Bertz CT molecular complexity index is 1570. The van der Waals surface area contributed by atoms with E-state index in [4.69, 9.17) is 0 Å². The van der Waals surface area contributed by atoms with Gasteiger partial charge in [-0.3, -0.25) is 14.5 Å². The largest absolute Gasteiger partial charge is 0.323 e. The number of anilines is 2. The molecule has 5 rings (SSSR count). The minimum atomic E-state index is -0.905. The summed E-state index contributed by atoms with van der Waals surface area (Å²) in [6.07, 6.45) is 0. The van der Waals surface area contributed by atoms with Gasteiger partial charge in [-0.2, -0.15) is 0 Å². The number of thiazole rings is 1. The van der Waals surface area contributed by atoms with Gasteiger partial charge in [0, 0.05) is 16.8 Å². The van der Waals surface area contributed by atoms with Crippen molar-refractivity contribution in [2.45, 2.75) is 26.8 Å². The van der Waals surface area contributed by atoms with Crippen LogP contribution in [0.1, 0.15) is 37.5 Å². The zero-order valence-electron chi connectivity index (χ0n) is 20.9. The summed E-state index contributed by atoms with van der Waals surface area (Å²) in [5.41, 5.74) is 3.78. The van der Waals surface area contributed by atoms with Crippen LogP contribution in [0.15, 0.2) is 97.1 Å². The second-order valence-corrected chi connectivity index (χ2v) is 10.2. The fourth-order valence-electron chi connectivity index (χ4n) is 4.52. The fourth-order valence-corrected chi connectivity index (χ4v) is 5.37. The highest BCUT2D eigenvalue weighted by atomic mass is 32.1. The lowest BCUT2D eigenvalue weighted by molar-refractivity contribution is -0.117. The van der Waals surface area contributed by atoms with E-state index in [9.17, 15) is 9.59 Å². The third kappa shape index (κ3) is 5.01. The van der Waals surface area contributed by atoms with Gasteiger partial charge in [-0.05, 0) is 49.9 Å². The molecule has 184 valence electrons. The number of benzene rings is 4. The minimum absolute atomic E-state index is 0.256. The predicted molar refractivity (Wildman–Crippen MR) is 151 cm³/mol. The highest BCUT2D eigenvalue weighted by molar-refractivity contribution is 7.13. The normalized spacial score (nSPS) is 11.8. The number of rotatable bonds is 6. The Hall–Kier alpha value is -4.29. The monoisotopic (exact) mass is 505 g/mol. The number of aromatic nitrogens is 1. The molecule has 37 heavy (non-hydrogen) atoms. The van der Waals surface area contributed by atoms with Crippen molar-refractivity contribution in [2.75, 3.05) is 10.2 Å². The lowest BCUT2D eigenvalue weighted by Crippen LogP contribution is -2.41. The highest BCUT2D eigenvalue weighted by Gasteiger charge is 2.35. The van der Waals surface area contributed by atoms with Gasteiger partial charge < -0.3 is 5.32 Å². The van der Waals surface area contributed by atoms with E-state index in [-0.39, 0.29) is 11.8 Å². The summed E-state index contributed by atoms with van der Waals surface area (Å²) in [6.45, 7) is 5.71. The van der Waals surface area contributed by atoms with E-state index in [1.807, 2.05) is 118 Å². The summed E-state index contributed by atoms with van der Waals surface area (Å²) in [6, 6.07) is 29.9. The molecule has 1 heterocycles. The van der Waals surface area contributed by atoms with Crippen LogP contribution in [0.3, 0.4) is 0 Å². The summed E-state index contributed by atoms with van der Waals surface area (Å²) in [5, 5.41) is 5.90. The molecule has 0 aliphatic heterocycles. The summed E-state index contributed by atoms with van der Waals surface area (Å²) >= 11 is 1.34. The van der Waals surface area contributed by atoms with Gasteiger partial charge in [-0.1, -0.05) is 84.4 Å². The van der Waals surface area contributed by atoms with Crippen LogP contribution >= 0.6 is 11.3 Å². The number of fused-ring (bicyclic) bond motifs is 1. The van der Waals surface area contributed by atoms with Crippen molar-refractivity contribution < 1.29 is 9.59 Å². The van der Waals surface area contributed by atoms with Crippen LogP contribution in [-0.4, -0.2) is 16.8 Å². The van der Waals surface area contributed by atoms with Gasteiger partial charge >= 0.3 is 0 Å². The molecule has 4 aromatic carbocycles. The Morgan fingerprint density at radius 1 is 0.811 bits per heavy atom. The molecule has 1 atom stereocenters. The summed E-state index contributed by atoms with van der Waals surface area (Å²) < 4.78 is 0. The SMILES string of the molecule is Cc1ccc(N(C(=O)c2sc(C)nc2C)C(C(=O)Nc2cccc3ccccc23)c2ccccc2)cc1. The Labute approximate surface area is 220 Å². The number of amides is 2. The first-order valence-corrected chi connectivity index (χ1v) is 12.9. The number of carbonyl (C=O) groups excluding carboxylic acids is 2. The Balaban J connectivity index is 1.65. The number of carbonyl (C=O) groups is 2. The van der Waals surface area contributed by atoms with Crippen molar-refractivity contribution in [1.29, 1.82) is 0 Å². The van der Waals surface area contributed by atoms with Gasteiger partial charge in [0.15, 0.2) is 0 Å². The van der Waals surface area contributed by atoms with Crippen LogP contribution in [0.2, 0.25) is 0 Å². The van der Waals surface area contributed by atoms with Gasteiger partial charge in [0.1, 0.15) is 10.9 Å². The number of aryl methyl sites for hydroxylation is 3. The third-order valence-electron chi connectivity index (χ3n) is 6.30. The van der Waals surface area contributed by atoms with Crippen molar-refractivity contribution in [3.8, 4) is 0 Å². The first kappa shape index (κ1) is 24.4. The van der Waals surface area contributed by atoms with E-state index < -0.39 is 6.04 Å². The van der Waals surface area contributed by atoms with Crippen molar-refractivity contribution in [2.24, 2.45) is 0 Å². The maximum atomic E-state index is 14.2. The molecule has 5 aromatic rings. The third-order valence-corrected chi connectivity index (χ3v) is 7.36. The molecule has 1 unspecified atom stereocenters. The average molecular weight is 506 g/mol. The molecule has 1 aromatic heterocycles. The maximum absolute atomic E-state index is 14.2. The quantitative estimate of drug-likeness (QED) is 0.264. The number of hydrogen-bond donors (Lipinski definition) is 1. The van der Waals surface area contributed by atoms with Crippen molar-refractivity contribution >= 4 is 45.3 Å². The number of hydrogen-bond acceptors (Lipinski definition) is 4. The van der Waals surface area contributed by atoms with Crippen LogP contribution in [0, 0.1) is 20.8 Å². The Morgan fingerprint density at radius 2 is 1.49 bits per heavy atom. The molecule has 0 radical (unpaired) electrons. The molecule has 0 bridgehead atoms. The van der Waals surface area contributed by atoms with Gasteiger partial charge in [0.2, 0.25) is 0 Å². The Kier molecular flexibility index (Phi) is 6.84. The van der Waals surface area contributed by atoms with E-state index in [0.29, 0.717) is 27.5 Å². The summed E-state index contributed by atoms with van der Waals surface area (Å²) in [5.74, 6) is -0.552. The predicted octanol–water partition coefficient (Wildman–Crippen LogP) is 7.25. The van der Waals surface area contributed by atoms with E-state index in [1.54, 1.807) is 4.90 Å². The number of nitrogens with one attached hydrogen (secondary N) is 1. The molecule has 0 saturated carbocycles. The molecular weight excluding hydrogens is 478 g/mol. The average Bonchev–Trinajstić information content (AvgIpc) is 3.25. The topological polar surface area (TPSA) is 62.3 Å². The zero-order chi connectivity index (χ0) is 25.9. The van der Waals surface area contributed by atoms with E-state index in [2.05, 4.69) is 10.3 Å². The van der Waals surface area contributed by atoms with Gasteiger partial charge in [0.05, 0.1) is 10.7 Å². The van der Waals surface area contributed by atoms with Gasteiger partial charge in [-0.15, -0.1) is 11.3 Å². The van der Waals surface area contributed by atoms with Crippen LogP contribution in [-0.2, 0) is 4.79 Å². The first-order chi connectivity index (χ1) is 17.9. The van der Waals surface area contributed by atoms with Gasteiger partial charge in [-0.25, -0.2) is 4.98 Å². The van der Waals surface area contributed by atoms with E-state index in [0.717, 1.165) is 21.3 Å². The molecule has 1 N–H and O–H groups in total. The molecule has 2 amide bonds. The molecule has 0 aliphatic carbocycles. The lowest BCUT2D eigenvalue weighted by atomic mass is 10.0. The maximum Gasteiger partial charge on any atom is 0.271 e. The van der Waals surface area contributed by atoms with Crippen molar-refractivity contribution in [3.05, 3.63) is 124 Å². The molecule has 0 aliphatic rings. The first-order valence-electron chi connectivity index (χ1n) is 12.1. The van der Waals surface area contributed by atoms with Crippen LogP contribution < -0.4 is 10.2 Å². The molecule has 6 heteroatoms. The summed E-state index contributed by atoms with van der Waals surface area (Å²) in [7, 11) is 0. The molecule has 0 spiro atoms. The molecular formula is C31H27N3O2S. The van der Waals surface area contributed by atoms with Crippen LogP contribution in [0.5, 0.6) is 0 Å². The molecule has 5 nitrogen and oxygen atoms in total. The van der Waals surface area contributed by atoms with Gasteiger partial charge in [0.25, 0.3) is 11.8 Å². The lowest BCUT2D eigenvalue weighted by Gasteiger charge is -2.31. The van der Waals surface area contributed by atoms with Crippen molar-refractivity contribution in [1.82, 2.24) is 4.98 Å². The summed E-state index contributed by atoms with van der Waals surface area (Å²) in [4.78, 5) is 34.9. The Morgan fingerprint density at radius 3 is 2.19 bits per heavy atom. The van der Waals surface area contributed by atoms with Crippen LogP contribution in [0.4, 0.5) is 11.4 Å². The minimum Gasteiger partial charge on any atom is -0.323 e. The van der Waals surface area contributed by atoms with Crippen LogP contribution in [0.25, 0.3) is 10.8 Å². The smallest absolute Gasteiger partial charge is 0.271 e. The zero-order valence-corrected chi connectivity index (χ0v) is 21.8. The molecule has 0 fully saturated rings.